The van der Waals surface area contributed by atoms with Gasteiger partial charge in [-0.2, -0.15) is 0 Å². The van der Waals surface area contributed by atoms with Crippen LogP contribution in [0.2, 0.25) is 0 Å². The zero-order valence-corrected chi connectivity index (χ0v) is 17.4. The zero-order chi connectivity index (χ0) is 21.4. The minimum atomic E-state index is -0.806. The molecular weight excluding hydrogens is 373 g/mol. The average Bonchev–Trinajstić information content (AvgIpc) is 3.11. The number of hydrogen-bond acceptors (Lipinski definition) is 4. The molecule has 6 heteroatoms. The molecule has 1 aromatic carbocycles. The number of Topliss-reactive ketones (excluding diaryl/α,β-unsaturated/α-hetero) is 1. The first kappa shape index (κ1) is 22.7. The van der Waals surface area contributed by atoms with Crippen molar-refractivity contribution >= 4 is 11.9 Å². The molecule has 1 atom stereocenters. The molecule has 0 fully saturated rings. The molecule has 0 aliphatic heterocycles. The number of nitrogens with two attached hydrogens (primary N) is 1. The van der Waals surface area contributed by atoms with Crippen LogP contribution in [-0.4, -0.2) is 17.5 Å². The van der Waals surface area contributed by atoms with E-state index in [0.717, 1.165) is 24.8 Å². The van der Waals surface area contributed by atoms with Gasteiger partial charge < -0.3 is 14.9 Å². The summed E-state index contributed by atoms with van der Waals surface area (Å²) in [7, 11) is 0. The number of carbonyl (C=O) groups is 2. The lowest BCUT2D eigenvalue weighted by Gasteiger charge is -2.33. The summed E-state index contributed by atoms with van der Waals surface area (Å²) in [5.41, 5.74) is 5.37. The molecule has 5 nitrogen and oxygen atoms in total. The average molecular weight is 403 g/mol. The predicted octanol–water partition coefficient (Wildman–Crippen LogP) is 5.65. The van der Waals surface area contributed by atoms with Crippen molar-refractivity contribution in [2.75, 3.05) is 0 Å². The standard InChI is InChI=1S/C23H30FNO4/c1-4-5-6-17(23(2,3)29-22(25)27)9-13-20(26)21-14-12-19(28-21)15-16-7-10-18(24)11-8-16/h7-8,10-12,14,17H,4-6,9,13,15H2,1-3H3,(H2,25,27). The second-order valence-corrected chi connectivity index (χ2v) is 7.89. The molecule has 0 aliphatic carbocycles. The smallest absolute Gasteiger partial charge is 0.405 e. The van der Waals surface area contributed by atoms with E-state index in [0.29, 0.717) is 30.8 Å². The van der Waals surface area contributed by atoms with Crippen molar-refractivity contribution in [1.29, 1.82) is 0 Å². The normalized spacial score (nSPS) is 12.6. The van der Waals surface area contributed by atoms with E-state index < -0.39 is 11.7 Å². The Bertz CT molecular complexity index is 811. The van der Waals surface area contributed by atoms with Crippen LogP contribution in [0.5, 0.6) is 0 Å². The summed E-state index contributed by atoms with van der Waals surface area (Å²) in [6, 6.07) is 9.63. The first-order valence-corrected chi connectivity index (χ1v) is 10.1. The third-order valence-electron chi connectivity index (χ3n) is 5.20. The topological polar surface area (TPSA) is 82.5 Å². The quantitative estimate of drug-likeness (QED) is 0.491. The number of furan rings is 1. The molecule has 0 spiro atoms. The van der Waals surface area contributed by atoms with Crippen molar-refractivity contribution in [2.24, 2.45) is 11.7 Å². The molecule has 0 bridgehead atoms. The highest BCUT2D eigenvalue weighted by Gasteiger charge is 2.32. The van der Waals surface area contributed by atoms with E-state index in [1.165, 1.54) is 12.1 Å². The number of carbonyl (C=O) groups excluding carboxylic acids is 2. The van der Waals surface area contributed by atoms with Gasteiger partial charge in [-0.25, -0.2) is 9.18 Å². The molecule has 0 saturated heterocycles. The Balaban J connectivity index is 1.97. The van der Waals surface area contributed by atoms with Crippen LogP contribution in [0.15, 0.2) is 40.8 Å². The van der Waals surface area contributed by atoms with Gasteiger partial charge in [0, 0.05) is 12.8 Å². The number of halogens is 1. The van der Waals surface area contributed by atoms with E-state index in [4.69, 9.17) is 14.9 Å². The van der Waals surface area contributed by atoms with Gasteiger partial charge >= 0.3 is 6.09 Å². The van der Waals surface area contributed by atoms with Crippen LogP contribution < -0.4 is 5.73 Å². The van der Waals surface area contributed by atoms with E-state index in [1.54, 1.807) is 24.3 Å². The number of benzene rings is 1. The highest BCUT2D eigenvalue weighted by atomic mass is 19.1. The third-order valence-corrected chi connectivity index (χ3v) is 5.20. The van der Waals surface area contributed by atoms with Crippen molar-refractivity contribution in [1.82, 2.24) is 0 Å². The number of amides is 1. The van der Waals surface area contributed by atoms with E-state index in [-0.39, 0.29) is 17.5 Å². The fourth-order valence-electron chi connectivity index (χ4n) is 3.49. The van der Waals surface area contributed by atoms with Crippen molar-refractivity contribution in [3.05, 3.63) is 59.3 Å². The number of ketones is 1. The van der Waals surface area contributed by atoms with E-state index in [9.17, 15) is 14.0 Å². The molecule has 1 aromatic heterocycles. The second kappa shape index (κ2) is 10.2. The monoisotopic (exact) mass is 403 g/mol. The van der Waals surface area contributed by atoms with Crippen LogP contribution in [0.25, 0.3) is 0 Å². The van der Waals surface area contributed by atoms with Crippen LogP contribution in [0.4, 0.5) is 9.18 Å². The predicted molar refractivity (Wildman–Crippen MR) is 109 cm³/mol. The Labute approximate surface area is 171 Å². The van der Waals surface area contributed by atoms with Gasteiger partial charge in [0.05, 0.1) is 0 Å². The van der Waals surface area contributed by atoms with Gasteiger partial charge in [0.1, 0.15) is 17.2 Å². The summed E-state index contributed by atoms with van der Waals surface area (Å²) in [4.78, 5) is 23.8. The summed E-state index contributed by atoms with van der Waals surface area (Å²) >= 11 is 0. The lowest BCUT2D eigenvalue weighted by molar-refractivity contribution is -0.00821. The van der Waals surface area contributed by atoms with Crippen LogP contribution >= 0.6 is 0 Å². The van der Waals surface area contributed by atoms with Crippen LogP contribution in [0.1, 0.15) is 74.8 Å². The van der Waals surface area contributed by atoms with Gasteiger partial charge in [-0.1, -0.05) is 31.9 Å². The van der Waals surface area contributed by atoms with Gasteiger partial charge in [0.15, 0.2) is 11.5 Å². The molecule has 0 radical (unpaired) electrons. The molecule has 1 heterocycles. The van der Waals surface area contributed by atoms with Gasteiger partial charge in [-0.3, -0.25) is 4.79 Å². The van der Waals surface area contributed by atoms with E-state index >= 15 is 0 Å². The molecule has 2 N–H and O–H groups in total. The fourth-order valence-corrected chi connectivity index (χ4v) is 3.49. The van der Waals surface area contributed by atoms with Gasteiger partial charge in [-0.15, -0.1) is 0 Å². The fraction of sp³-hybridized carbons (Fsp3) is 0.478. The summed E-state index contributed by atoms with van der Waals surface area (Å²) in [5.74, 6) is 0.606. The molecule has 2 aromatic rings. The largest absolute Gasteiger partial charge is 0.458 e. The number of hydrogen-bond donors (Lipinski definition) is 1. The highest BCUT2D eigenvalue weighted by Crippen LogP contribution is 2.31. The minimum absolute atomic E-state index is 0.0209. The Morgan fingerprint density at radius 2 is 1.83 bits per heavy atom. The maximum Gasteiger partial charge on any atom is 0.405 e. The van der Waals surface area contributed by atoms with Crippen LogP contribution in [-0.2, 0) is 11.2 Å². The number of primary amides is 1. The Morgan fingerprint density at radius 1 is 1.14 bits per heavy atom. The lowest BCUT2D eigenvalue weighted by Crippen LogP contribution is -2.38. The van der Waals surface area contributed by atoms with Gasteiger partial charge in [0.25, 0.3) is 0 Å². The molecule has 0 saturated carbocycles. The molecule has 0 aliphatic rings. The Hall–Kier alpha value is -2.63. The molecule has 1 amide bonds. The first-order valence-electron chi connectivity index (χ1n) is 10.1. The second-order valence-electron chi connectivity index (χ2n) is 7.89. The molecular formula is C23H30FNO4. The van der Waals surface area contributed by atoms with E-state index in [2.05, 4.69) is 6.92 Å². The maximum atomic E-state index is 13.0. The van der Waals surface area contributed by atoms with Crippen molar-refractivity contribution in [3.63, 3.8) is 0 Å². The first-order chi connectivity index (χ1) is 13.7. The number of rotatable bonds is 11. The Morgan fingerprint density at radius 3 is 2.45 bits per heavy atom. The molecule has 1 unspecified atom stereocenters. The zero-order valence-electron chi connectivity index (χ0n) is 17.4. The molecule has 158 valence electrons. The van der Waals surface area contributed by atoms with Crippen molar-refractivity contribution in [2.45, 2.75) is 64.9 Å². The minimum Gasteiger partial charge on any atom is -0.458 e. The van der Waals surface area contributed by atoms with E-state index in [1.807, 2.05) is 13.8 Å². The Kier molecular flexibility index (Phi) is 8.00. The van der Waals surface area contributed by atoms with Gasteiger partial charge in [-0.05, 0) is 62.4 Å². The van der Waals surface area contributed by atoms with Crippen LogP contribution in [0.3, 0.4) is 0 Å². The maximum absolute atomic E-state index is 13.0. The highest BCUT2D eigenvalue weighted by molar-refractivity contribution is 5.93. The third kappa shape index (κ3) is 7.04. The van der Waals surface area contributed by atoms with Crippen molar-refractivity contribution in [3.8, 4) is 0 Å². The SMILES string of the molecule is CCCCC(CCC(=O)c1ccc(Cc2ccc(F)cc2)o1)C(C)(C)OC(N)=O. The summed E-state index contributed by atoms with van der Waals surface area (Å²) in [6.07, 6.45) is 3.40. The summed E-state index contributed by atoms with van der Waals surface area (Å²) in [5, 5.41) is 0. The molecule has 2 rings (SSSR count). The number of unbranched alkanes of at least 4 members (excludes halogenated alkanes) is 1. The van der Waals surface area contributed by atoms with Gasteiger partial charge in [0.2, 0.25) is 0 Å². The lowest BCUT2D eigenvalue weighted by atomic mass is 9.82. The molecule has 29 heavy (non-hydrogen) atoms. The summed E-state index contributed by atoms with van der Waals surface area (Å²) < 4.78 is 24.0. The number of ether oxygens (including phenoxy) is 1. The summed E-state index contributed by atoms with van der Waals surface area (Å²) in [6.45, 7) is 5.75. The van der Waals surface area contributed by atoms with Crippen molar-refractivity contribution < 1.29 is 23.1 Å². The van der Waals surface area contributed by atoms with Crippen LogP contribution in [0, 0.1) is 11.7 Å².